The number of esters is 1. The Morgan fingerprint density at radius 3 is 2.02 bits per heavy atom. The van der Waals surface area contributed by atoms with Gasteiger partial charge in [0.05, 0.1) is 13.2 Å². The maximum atomic E-state index is 13.2. The number of carbonyl (C=O) groups is 5. The molecule has 1 aliphatic rings. The van der Waals surface area contributed by atoms with Crippen LogP contribution in [0.4, 0.5) is 4.79 Å². The normalized spacial score (nSPS) is 16.6. The molecule has 1 saturated heterocycles. The number of carbonyl (C=O) groups excluding carboxylic acids is 5. The molecule has 0 unspecified atom stereocenters. The van der Waals surface area contributed by atoms with Gasteiger partial charge in [0.1, 0.15) is 36.4 Å². The van der Waals surface area contributed by atoms with E-state index < -0.39 is 59.6 Å². The number of nitrogens with zero attached hydrogens (tertiary/aromatic N) is 1. The molecule has 4 amide bonds. The quantitative estimate of drug-likeness (QED) is 0.288. The van der Waals surface area contributed by atoms with Crippen molar-refractivity contribution < 1.29 is 38.2 Å². The van der Waals surface area contributed by atoms with Gasteiger partial charge in [0.25, 0.3) is 0 Å². The van der Waals surface area contributed by atoms with Crippen molar-refractivity contribution in [3.05, 3.63) is 71.8 Å². The first-order valence-electron chi connectivity index (χ1n) is 15.1. The van der Waals surface area contributed by atoms with Crippen molar-refractivity contribution in [2.45, 2.75) is 90.4 Å². The van der Waals surface area contributed by atoms with Crippen LogP contribution < -0.4 is 16.0 Å². The smallest absolute Gasteiger partial charge is 0.410 e. The summed E-state index contributed by atoms with van der Waals surface area (Å²) in [5.74, 6) is -2.45. The molecular weight excluding hydrogens is 580 g/mol. The van der Waals surface area contributed by atoms with Crippen LogP contribution in [0.5, 0.6) is 0 Å². The largest absolute Gasteiger partial charge is 0.459 e. The Balaban J connectivity index is 1.60. The SMILES string of the molecule is C[C@@H](NC(=O)[C@@H]1CCCN1C(=O)OC(C)(C)C)C(=O)N[C@@H](COCc1ccccc1)C(=O)N[C@H](C)C(=O)OCc1ccccc1. The molecule has 3 N–H and O–H groups in total. The Hall–Kier alpha value is -4.45. The monoisotopic (exact) mass is 624 g/mol. The number of amides is 4. The van der Waals surface area contributed by atoms with E-state index in [1.54, 1.807) is 20.8 Å². The lowest BCUT2D eigenvalue weighted by Crippen LogP contribution is -2.57. The van der Waals surface area contributed by atoms with Crippen LogP contribution in [0.15, 0.2) is 60.7 Å². The van der Waals surface area contributed by atoms with Crippen molar-refractivity contribution in [3.63, 3.8) is 0 Å². The lowest BCUT2D eigenvalue weighted by atomic mass is 10.1. The van der Waals surface area contributed by atoms with Gasteiger partial charge in [0, 0.05) is 6.54 Å². The van der Waals surface area contributed by atoms with E-state index in [1.807, 2.05) is 60.7 Å². The van der Waals surface area contributed by atoms with Gasteiger partial charge in [-0.15, -0.1) is 0 Å². The molecule has 244 valence electrons. The number of likely N-dealkylation sites (tertiary alicyclic amines) is 1. The third-order valence-electron chi connectivity index (χ3n) is 6.90. The van der Waals surface area contributed by atoms with Gasteiger partial charge in [-0.25, -0.2) is 9.59 Å². The average Bonchev–Trinajstić information content (AvgIpc) is 3.50. The van der Waals surface area contributed by atoms with Crippen molar-refractivity contribution in [2.24, 2.45) is 0 Å². The van der Waals surface area contributed by atoms with Crippen LogP contribution in [-0.2, 0) is 46.6 Å². The fraction of sp³-hybridized carbons (Fsp3) is 0.485. The van der Waals surface area contributed by atoms with E-state index in [2.05, 4.69) is 16.0 Å². The molecule has 4 atom stereocenters. The molecule has 0 radical (unpaired) electrons. The van der Waals surface area contributed by atoms with E-state index in [0.29, 0.717) is 19.4 Å². The van der Waals surface area contributed by atoms with Crippen molar-refractivity contribution >= 4 is 29.8 Å². The maximum absolute atomic E-state index is 13.2. The Morgan fingerprint density at radius 1 is 0.822 bits per heavy atom. The first-order chi connectivity index (χ1) is 21.3. The third-order valence-corrected chi connectivity index (χ3v) is 6.90. The molecule has 3 rings (SSSR count). The van der Waals surface area contributed by atoms with Gasteiger partial charge in [-0.2, -0.15) is 0 Å². The Kier molecular flexibility index (Phi) is 12.9. The highest BCUT2D eigenvalue weighted by molar-refractivity contribution is 5.94. The number of hydrogen-bond acceptors (Lipinski definition) is 8. The molecule has 0 spiro atoms. The lowest BCUT2D eigenvalue weighted by molar-refractivity contribution is -0.149. The molecule has 0 bridgehead atoms. The Labute approximate surface area is 264 Å². The summed E-state index contributed by atoms with van der Waals surface area (Å²) in [7, 11) is 0. The standard InChI is InChI=1S/C33H44N4O8/c1-22(34-30(40)27-17-12-18-37(27)32(42)45-33(3,4)5)28(38)36-26(21-43-19-24-13-8-6-9-14-24)29(39)35-23(2)31(41)44-20-25-15-10-7-11-16-25/h6-11,13-16,22-23,26-27H,12,17-21H2,1-5H3,(H,34,40)(H,35,39)(H,36,38)/t22-,23-,26+,27+/m1/s1. The molecule has 2 aromatic rings. The summed E-state index contributed by atoms with van der Waals surface area (Å²) in [6, 6.07) is 14.4. The highest BCUT2D eigenvalue weighted by Gasteiger charge is 2.38. The van der Waals surface area contributed by atoms with Gasteiger partial charge < -0.3 is 30.2 Å². The fourth-order valence-corrected chi connectivity index (χ4v) is 4.53. The molecule has 0 aliphatic carbocycles. The minimum Gasteiger partial charge on any atom is -0.459 e. The first kappa shape index (κ1) is 35.0. The molecule has 45 heavy (non-hydrogen) atoms. The fourth-order valence-electron chi connectivity index (χ4n) is 4.53. The summed E-state index contributed by atoms with van der Waals surface area (Å²) >= 11 is 0. The summed E-state index contributed by atoms with van der Waals surface area (Å²) < 4.78 is 16.5. The number of ether oxygens (including phenoxy) is 3. The second kappa shape index (κ2) is 16.6. The molecule has 1 aliphatic heterocycles. The molecular formula is C33H44N4O8. The zero-order chi connectivity index (χ0) is 33.0. The summed E-state index contributed by atoms with van der Waals surface area (Å²) in [5.41, 5.74) is 0.946. The highest BCUT2D eigenvalue weighted by atomic mass is 16.6. The van der Waals surface area contributed by atoms with Gasteiger partial charge >= 0.3 is 12.1 Å². The topological polar surface area (TPSA) is 152 Å². The van der Waals surface area contributed by atoms with E-state index in [4.69, 9.17) is 14.2 Å². The molecule has 0 saturated carbocycles. The summed E-state index contributed by atoms with van der Waals surface area (Å²) in [5, 5.41) is 7.84. The second-order valence-electron chi connectivity index (χ2n) is 11.9. The zero-order valence-corrected chi connectivity index (χ0v) is 26.5. The molecule has 2 aromatic carbocycles. The molecule has 1 heterocycles. The Bertz CT molecular complexity index is 1300. The maximum Gasteiger partial charge on any atom is 0.410 e. The van der Waals surface area contributed by atoms with Crippen LogP contribution in [-0.4, -0.2) is 77.6 Å². The van der Waals surface area contributed by atoms with Crippen molar-refractivity contribution in [1.29, 1.82) is 0 Å². The van der Waals surface area contributed by atoms with Crippen LogP contribution in [0.2, 0.25) is 0 Å². The average molecular weight is 625 g/mol. The number of benzene rings is 2. The van der Waals surface area contributed by atoms with Crippen LogP contribution in [0, 0.1) is 0 Å². The summed E-state index contributed by atoms with van der Waals surface area (Å²) in [4.78, 5) is 66.0. The molecule has 1 fully saturated rings. The predicted molar refractivity (Wildman–Crippen MR) is 165 cm³/mol. The van der Waals surface area contributed by atoms with Gasteiger partial charge in [-0.3, -0.25) is 19.3 Å². The second-order valence-corrected chi connectivity index (χ2v) is 11.9. The Morgan fingerprint density at radius 2 is 1.42 bits per heavy atom. The van der Waals surface area contributed by atoms with Gasteiger partial charge in [-0.05, 0) is 58.6 Å². The minimum absolute atomic E-state index is 0.0454. The predicted octanol–water partition coefficient (Wildman–Crippen LogP) is 2.84. The van der Waals surface area contributed by atoms with Gasteiger partial charge in [-0.1, -0.05) is 60.7 Å². The van der Waals surface area contributed by atoms with E-state index in [0.717, 1.165) is 11.1 Å². The molecule has 12 nitrogen and oxygen atoms in total. The van der Waals surface area contributed by atoms with Crippen LogP contribution in [0.3, 0.4) is 0 Å². The van der Waals surface area contributed by atoms with E-state index >= 15 is 0 Å². The van der Waals surface area contributed by atoms with Crippen molar-refractivity contribution in [3.8, 4) is 0 Å². The highest BCUT2D eigenvalue weighted by Crippen LogP contribution is 2.21. The minimum atomic E-state index is -1.19. The van der Waals surface area contributed by atoms with E-state index in [-0.39, 0.29) is 19.8 Å². The van der Waals surface area contributed by atoms with E-state index in [1.165, 1.54) is 18.7 Å². The van der Waals surface area contributed by atoms with Gasteiger partial charge in [0.2, 0.25) is 17.7 Å². The number of hydrogen-bond donors (Lipinski definition) is 3. The number of rotatable bonds is 13. The number of nitrogens with one attached hydrogen (secondary N) is 3. The molecule has 12 heteroatoms. The first-order valence-corrected chi connectivity index (χ1v) is 15.1. The van der Waals surface area contributed by atoms with E-state index in [9.17, 15) is 24.0 Å². The van der Waals surface area contributed by atoms with Crippen LogP contribution in [0.1, 0.15) is 58.6 Å². The summed E-state index contributed by atoms with van der Waals surface area (Å²) in [6.07, 6.45) is 0.446. The molecule has 0 aromatic heterocycles. The van der Waals surface area contributed by atoms with Crippen molar-refractivity contribution in [2.75, 3.05) is 13.2 Å². The van der Waals surface area contributed by atoms with Gasteiger partial charge in [0.15, 0.2) is 0 Å². The van der Waals surface area contributed by atoms with Crippen LogP contribution >= 0.6 is 0 Å². The summed E-state index contributed by atoms with van der Waals surface area (Å²) in [6.45, 7) is 8.58. The zero-order valence-electron chi connectivity index (χ0n) is 26.5. The van der Waals surface area contributed by atoms with Crippen molar-refractivity contribution in [1.82, 2.24) is 20.9 Å². The third kappa shape index (κ3) is 11.5. The lowest BCUT2D eigenvalue weighted by Gasteiger charge is -2.29. The van der Waals surface area contributed by atoms with Crippen LogP contribution in [0.25, 0.3) is 0 Å².